The van der Waals surface area contributed by atoms with E-state index in [0.29, 0.717) is 18.2 Å². The molecule has 0 spiro atoms. The highest BCUT2D eigenvalue weighted by Crippen LogP contribution is 2.26. The molecule has 5 rings (SSSR count). The first kappa shape index (κ1) is 21.1. The first-order chi connectivity index (χ1) is 16.2. The lowest BCUT2D eigenvalue weighted by atomic mass is 10.2. The molecule has 0 aliphatic carbocycles. The number of para-hydroxylation sites is 2. The van der Waals surface area contributed by atoms with Crippen LogP contribution in [-0.2, 0) is 17.9 Å². The Morgan fingerprint density at radius 3 is 2.39 bits per heavy atom. The maximum Gasteiger partial charge on any atom is 0.237 e. The summed E-state index contributed by atoms with van der Waals surface area (Å²) in [6.07, 6.45) is 0. The number of ether oxygens (including phenoxy) is 1. The SMILES string of the molecule is COc1ccc(CNC(=O)CSc2nnc3n(Cc4ccccc4)c4ccccc4n23)cc1. The molecule has 0 unspecified atom stereocenters. The second-order valence-corrected chi connectivity index (χ2v) is 8.53. The van der Waals surface area contributed by atoms with Gasteiger partial charge in [0, 0.05) is 6.54 Å². The molecule has 0 radical (unpaired) electrons. The fourth-order valence-corrected chi connectivity index (χ4v) is 4.55. The number of hydrogen-bond acceptors (Lipinski definition) is 5. The van der Waals surface area contributed by atoms with Crippen LogP contribution in [0.15, 0.2) is 84.0 Å². The van der Waals surface area contributed by atoms with E-state index in [1.54, 1.807) is 7.11 Å². The summed E-state index contributed by atoms with van der Waals surface area (Å²) in [6.45, 7) is 1.16. The first-order valence-electron chi connectivity index (χ1n) is 10.6. The van der Waals surface area contributed by atoms with E-state index in [9.17, 15) is 4.79 Å². The van der Waals surface area contributed by atoms with E-state index >= 15 is 0 Å². The first-order valence-corrected chi connectivity index (χ1v) is 11.6. The summed E-state index contributed by atoms with van der Waals surface area (Å²) in [5, 5.41) is 12.5. The molecule has 0 fully saturated rings. The minimum Gasteiger partial charge on any atom is -0.497 e. The molecule has 5 aromatic rings. The Bertz CT molecular complexity index is 1390. The Balaban J connectivity index is 1.32. The Hall–Kier alpha value is -3.78. The Kier molecular flexibility index (Phi) is 5.99. The number of nitrogens with one attached hydrogen (secondary N) is 1. The minimum atomic E-state index is -0.0550. The summed E-state index contributed by atoms with van der Waals surface area (Å²) in [6, 6.07) is 26.1. The molecular weight excluding hydrogens is 434 g/mol. The largest absolute Gasteiger partial charge is 0.497 e. The smallest absolute Gasteiger partial charge is 0.237 e. The van der Waals surface area contributed by atoms with Crippen molar-refractivity contribution in [3.05, 3.63) is 90.0 Å². The quantitative estimate of drug-likeness (QED) is 0.355. The molecule has 0 bridgehead atoms. The maximum absolute atomic E-state index is 12.5. The van der Waals surface area contributed by atoms with E-state index in [4.69, 9.17) is 4.74 Å². The van der Waals surface area contributed by atoms with Gasteiger partial charge in [-0.05, 0) is 35.4 Å². The topological polar surface area (TPSA) is 73.4 Å². The van der Waals surface area contributed by atoms with Crippen molar-refractivity contribution in [1.29, 1.82) is 0 Å². The zero-order chi connectivity index (χ0) is 22.6. The van der Waals surface area contributed by atoms with Crippen molar-refractivity contribution in [3.63, 3.8) is 0 Å². The molecule has 0 saturated carbocycles. The number of rotatable bonds is 8. The number of aromatic nitrogens is 4. The predicted molar refractivity (Wildman–Crippen MR) is 130 cm³/mol. The van der Waals surface area contributed by atoms with Gasteiger partial charge in [0.1, 0.15) is 5.75 Å². The summed E-state index contributed by atoms with van der Waals surface area (Å²) in [5.74, 6) is 1.76. The Morgan fingerprint density at radius 2 is 1.64 bits per heavy atom. The lowest BCUT2D eigenvalue weighted by molar-refractivity contribution is -0.118. The van der Waals surface area contributed by atoms with Gasteiger partial charge >= 0.3 is 0 Å². The highest BCUT2D eigenvalue weighted by molar-refractivity contribution is 7.99. The number of methoxy groups -OCH3 is 1. The van der Waals surface area contributed by atoms with Gasteiger partial charge in [-0.3, -0.25) is 9.20 Å². The van der Waals surface area contributed by atoms with Crippen molar-refractivity contribution in [1.82, 2.24) is 24.5 Å². The van der Waals surface area contributed by atoms with Crippen molar-refractivity contribution in [2.75, 3.05) is 12.9 Å². The van der Waals surface area contributed by atoms with E-state index in [-0.39, 0.29) is 11.7 Å². The number of nitrogens with zero attached hydrogens (tertiary/aromatic N) is 4. The number of imidazole rings is 1. The molecule has 0 aliphatic heterocycles. The number of hydrogen-bond donors (Lipinski definition) is 1. The van der Waals surface area contributed by atoms with Crippen LogP contribution in [0.2, 0.25) is 0 Å². The van der Waals surface area contributed by atoms with Crippen molar-refractivity contribution in [2.45, 2.75) is 18.2 Å². The van der Waals surface area contributed by atoms with E-state index in [2.05, 4.69) is 44.3 Å². The fraction of sp³-hybridized carbons (Fsp3) is 0.160. The van der Waals surface area contributed by atoms with Crippen LogP contribution < -0.4 is 10.1 Å². The summed E-state index contributed by atoms with van der Waals surface area (Å²) < 4.78 is 9.35. The zero-order valence-electron chi connectivity index (χ0n) is 18.1. The molecule has 1 N–H and O–H groups in total. The van der Waals surface area contributed by atoms with Crippen LogP contribution in [0.1, 0.15) is 11.1 Å². The van der Waals surface area contributed by atoms with Crippen LogP contribution in [0, 0.1) is 0 Å². The standard InChI is InChI=1S/C25H23N5O2S/c1-32-20-13-11-18(12-14-20)15-26-23(31)17-33-25-28-27-24-29(16-19-7-3-2-4-8-19)21-9-5-6-10-22(21)30(24)25/h2-14H,15-17H2,1H3,(H,26,31). The molecular formula is C25H23N5O2S. The number of carbonyl (C=O) groups is 1. The minimum absolute atomic E-state index is 0.0550. The Morgan fingerprint density at radius 1 is 0.909 bits per heavy atom. The van der Waals surface area contributed by atoms with E-state index in [1.165, 1.54) is 17.3 Å². The van der Waals surface area contributed by atoms with Gasteiger partial charge in [0.25, 0.3) is 0 Å². The zero-order valence-corrected chi connectivity index (χ0v) is 19.0. The molecule has 2 heterocycles. The van der Waals surface area contributed by atoms with Crippen LogP contribution in [-0.4, -0.2) is 37.9 Å². The number of amides is 1. The fourth-order valence-electron chi connectivity index (χ4n) is 3.78. The molecule has 166 valence electrons. The monoisotopic (exact) mass is 457 g/mol. The molecule has 0 saturated heterocycles. The molecule has 7 nitrogen and oxygen atoms in total. The van der Waals surface area contributed by atoms with Crippen LogP contribution in [0.4, 0.5) is 0 Å². The molecule has 2 aromatic heterocycles. The van der Waals surface area contributed by atoms with Crippen molar-refractivity contribution in [2.24, 2.45) is 0 Å². The normalized spacial score (nSPS) is 11.2. The number of benzene rings is 3. The summed E-state index contributed by atoms with van der Waals surface area (Å²) >= 11 is 1.38. The Labute approximate surface area is 195 Å². The summed E-state index contributed by atoms with van der Waals surface area (Å²) in [7, 11) is 1.63. The van der Waals surface area contributed by atoms with Crippen LogP contribution >= 0.6 is 11.8 Å². The van der Waals surface area contributed by atoms with Gasteiger partial charge in [0.15, 0.2) is 5.16 Å². The maximum atomic E-state index is 12.5. The summed E-state index contributed by atoms with van der Waals surface area (Å²) in [5.41, 5.74) is 4.31. The van der Waals surface area contributed by atoms with Crippen molar-refractivity contribution >= 4 is 34.5 Å². The van der Waals surface area contributed by atoms with E-state index < -0.39 is 0 Å². The van der Waals surface area contributed by atoms with Crippen LogP contribution in [0.25, 0.3) is 16.8 Å². The molecule has 3 aromatic carbocycles. The van der Waals surface area contributed by atoms with E-state index in [0.717, 1.165) is 28.1 Å². The lowest BCUT2D eigenvalue weighted by Gasteiger charge is -2.06. The number of fused-ring (bicyclic) bond motifs is 3. The van der Waals surface area contributed by atoms with Gasteiger partial charge in [-0.1, -0.05) is 66.4 Å². The molecule has 1 amide bonds. The number of carbonyl (C=O) groups excluding carboxylic acids is 1. The van der Waals surface area contributed by atoms with Gasteiger partial charge in [0.05, 0.1) is 30.4 Å². The summed E-state index contributed by atoms with van der Waals surface area (Å²) in [4.78, 5) is 12.5. The van der Waals surface area contributed by atoms with Gasteiger partial charge in [-0.2, -0.15) is 0 Å². The second-order valence-electron chi connectivity index (χ2n) is 7.59. The van der Waals surface area contributed by atoms with Crippen LogP contribution in [0.3, 0.4) is 0 Å². The third-order valence-corrected chi connectivity index (χ3v) is 6.36. The molecule has 0 atom stereocenters. The van der Waals surface area contributed by atoms with E-state index in [1.807, 2.05) is 59.0 Å². The predicted octanol–water partition coefficient (Wildman–Crippen LogP) is 4.15. The molecule has 0 aliphatic rings. The van der Waals surface area contributed by atoms with Gasteiger partial charge < -0.3 is 14.6 Å². The van der Waals surface area contributed by atoms with Crippen molar-refractivity contribution < 1.29 is 9.53 Å². The number of thioether (sulfide) groups is 1. The average Bonchev–Trinajstić information content (AvgIpc) is 3.41. The van der Waals surface area contributed by atoms with Crippen molar-refractivity contribution in [3.8, 4) is 5.75 Å². The second kappa shape index (κ2) is 9.38. The molecule has 8 heteroatoms. The highest BCUT2D eigenvalue weighted by atomic mass is 32.2. The third kappa shape index (κ3) is 4.42. The lowest BCUT2D eigenvalue weighted by Crippen LogP contribution is -2.24. The third-order valence-electron chi connectivity index (χ3n) is 5.44. The van der Waals surface area contributed by atoms with Gasteiger partial charge in [-0.25, -0.2) is 0 Å². The average molecular weight is 458 g/mol. The van der Waals surface area contributed by atoms with Crippen LogP contribution in [0.5, 0.6) is 5.75 Å². The highest BCUT2D eigenvalue weighted by Gasteiger charge is 2.18. The van der Waals surface area contributed by atoms with Gasteiger partial charge in [0.2, 0.25) is 11.7 Å². The molecule has 33 heavy (non-hydrogen) atoms. The van der Waals surface area contributed by atoms with Gasteiger partial charge in [-0.15, -0.1) is 10.2 Å².